The van der Waals surface area contributed by atoms with Gasteiger partial charge in [0, 0.05) is 34.5 Å². The molecular weight excluding hydrogens is 448 g/mol. The fourth-order valence-corrected chi connectivity index (χ4v) is 4.37. The summed E-state index contributed by atoms with van der Waals surface area (Å²) in [7, 11) is 0. The van der Waals surface area contributed by atoms with Crippen molar-refractivity contribution in [3.8, 4) is 23.0 Å². The molecule has 4 aromatic rings. The SMILES string of the molecule is O=C1OC2(c3ccc(O)cc3Oc3cc(O)ccc32)c2ccc(Nc3ncnc(Cl)n3)cc21. The Morgan fingerprint density at radius 2 is 1.55 bits per heavy atom. The molecule has 0 saturated heterocycles. The lowest BCUT2D eigenvalue weighted by Gasteiger charge is -2.36. The van der Waals surface area contributed by atoms with Gasteiger partial charge in [-0.05, 0) is 48.0 Å². The van der Waals surface area contributed by atoms with Gasteiger partial charge in [0.25, 0.3) is 0 Å². The highest BCUT2D eigenvalue weighted by Gasteiger charge is 2.53. The normalized spacial score (nSPS) is 14.6. The lowest BCUT2D eigenvalue weighted by molar-refractivity contribution is 0.0224. The lowest BCUT2D eigenvalue weighted by Crippen LogP contribution is -2.32. The van der Waals surface area contributed by atoms with Crippen LogP contribution in [0.3, 0.4) is 0 Å². The number of hydrogen-bond donors (Lipinski definition) is 3. The second-order valence-electron chi connectivity index (χ2n) is 7.50. The molecule has 0 saturated carbocycles. The van der Waals surface area contributed by atoms with Gasteiger partial charge in [0.05, 0.1) is 5.56 Å². The van der Waals surface area contributed by atoms with Crippen LogP contribution < -0.4 is 10.1 Å². The van der Waals surface area contributed by atoms with Gasteiger partial charge >= 0.3 is 5.97 Å². The van der Waals surface area contributed by atoms with Crippen molar-refractivity contribution in [1.82, 2.24) is 15.0 Å². The van der Waals surface area contributed by atoms with Crippen LogP contribution in [0.25, 0.3) is 0 Å². The summed E-state index contributed by atoms with van der Waals surface area (Å²) in [5.74, 6) is 0.304. The van der Waals surface area contributed by atoms with E-state index in [1.54, 1.807) is 30.3 Å². The summed E-state index contributed by atoms with van der Waals surface area (Å²) in [5.41, 5.74) is 1.26. The molecule has 33 heavy (non-hydrogen) atoms. The number of fused-ring (bicyclic) bond motifs is 6. The molecule has 6 rings (SSSR count). The van der Waals surface area contributed by atoms with Gasteiger partial charge in [-0.15, -0.1) is 0 Å². The zero-order valence-electron chi connectivity index (χ0n) is 16.6. The minimum absolute atomic E-state index is 0.00684. The number of nitrogens with one attached hydrogen (secondary N) is 1. The van der Waals surface area contributed by atoms with E-state index in [1.165, 1.54) is 30.6 Å². The predicted octanol–water partition coefficient (Wildman–Crippen LogP) is 4.25. The minimum atomic E-state index is -1.31. The Morgan fingerprint density at radius 3 is 2.21 bits per heavy atom. The maximum absolute atomic E-state index is 13.1. The molecule has 2 aliphatic rings. The molecule has 0 radical (unpaired) electrons. The Balaban J connectivity index is 1.54. The van der Waals surface area contributed by atoms with Crippen LogP contribution in [0, 0.1) is 0 Å². The van der Waals surface area contributed by atoms with Crippen molar-refractivity contribution in [2.45, 2.75) is 5.60 Å². The number of aromatic hydroxyl groups is 2. The summed E-state index contributed by atoms with van der Waals surface area (Å²) in [6, 6.07) is 14.4. The summed E-state index contributed by atoms with van der Waals surface area (Å²) in [6.07, 6.45) is 1.27. The van der Waals surface area contributed by atoms with Crippen LogP contribution >= 0.6 is 11.6 Å². The second-order valence-corrected chi connectivity index (χ2v) is 7.84. The Bertz CT molecular complexity index is 1420. The van der Waals surface area contributed by atoms with Crippen molar-refractivity contribution < 1.29 is 24.5 Å². The first-order valence-corrected chi connectivity index (χ1v) is 10.2. The largest absolute Gasteiger partial charge is 0.508 e. The van der Waals surface area contributed by atoms with Crippen molar-refractivity contribution in [3.63, 3.8) is 0 Å². The van der Waals surface area contributed by atoms with E-state index in [-0.39, 0.29) is 22.7 Å². The molecule has 3 aromatic carbocycles. The summed E-state index contributed by atoms with van der Waals surface area (Å²) < 4.78 is 12.0. The van der Waals surface area contributed by atoms with E-state index in [2.05, 4.69) is 20.3 Å². The molecule has 9 nitrogen and oxygen atoms in total. The molecular formula is C23H13ClN4O5. The Morgan fingerprint density at radius 1 is 0.879 bits per heavy atom. The van der Waals surface area contributed by atoms with E-state index in [4.69, 9.17) is 21.1 Å². The highest BCUT2D eigenvalue weighted by Crippen LogP contribution is 2.57. The van der Waals surface area contributed by atoms with Gasteiger partial charge in [0.15, 0.2) is 5.60 Å². The third kappa shape index (κ3) is 2.86. The fraction of sp³-hybridized carbons (Fsp3) is 0.0435. The molecule has 2 aliphatic heterocycles. The number of nitrogens with zero attached hydrogens (tertiary/aromatic N) is 3. The van der Waals surface area contributed by atoms with E-state index in [0.717, 1.165) is 0 Å². The number of anilines is 2. The quantitative estimate of drug-likeness (QED) is 0.376. The van der Waals surface area contributed by atoms with Gasteiger partial charge in [0.2, 0.25) is 11.2 Å². The Labute approximate surface area is 191 Å². The third-order valence-electron chi connectivity index (χ3n) is 5.57. The monoisotopic (exact) mass is 460 g/mol. The van der Waals surface area contributed by atoms with Crippen molar-refractivity contribution in [2.75, 3.05) is 5.32 Å². The number of carbonyl (C=O) groups is 1. The number of carbonyl (C=O) groups excluding carboxylic acids is 1. The molecule has 0 bridgehead atoms. The Hall–Kier alpha value is -4.37. The highest BCUT2D eigenvalue weighted by atomic mass is 35.5. The van der Waals surface area contributed by atoms with Crippen LogP contribution in [0.2, 0.25) is 5.28 Å². The molecule has 162 valence electrons. The fourth-order valence-electron chi connectivity index (χ4n) is 4.25. The zero-order chi connectivity index (χ0) is 22.7. The first kappa shape index (κ1) is 19.3. The number of phenols is 2. The number of rotatable bonds is 2. The summed E-state index contributed by atoms with van der Waals surface area (Å²) in [5, 5.41) is 23.0. The van der Waals surface area contributed by atoms with E-state index in [0.29, 0.717) is 39.4 Å². The third-order valence-corrected chi connectivity index (χ3v) is 5.75. The average Bonchev–Trinajstić information content (AvgIpc) is 3.06. The number of phenolic OH excluding ortho intramolecular Hbond substituents is 2. The molecule has 0 amide bonds. The minimum Gasteiger partial charge on any atom is -0.508 e. The Kier molecular flexibility index (Phi) is 3.99. The number of benzene rings is 3. The predicted molar refractivity (Wildman–Crippen MR) is 116 cm³/mol. The van der Waals surface area contributed by atoms with E-state index >= 15 is 0 Å². The van der Waals surface area contributed by atoms with Gasteiger partial charge in [0.1, 0.15) is 29.3 Å². The van der Waals surface area contributed by atoms with Gasteiger partial charge in [-0.1, -0.05) is 6.07 Å². The van der Waals surface area contributed by atoms with E-state index in [1.807, 2.05) is 0 Å². The number of esters is 1. The molecule has 3 N–H and O–H groups in total. The van der Waals surface area contributed by atoms with Crippen LogP contribution in [0.1, 0.15) is 27.0 Å². The van der Waals surface area contributed by atoms with Crippen LogP contribution in [-0.2, 0) is 10.3 Å². The van der Waals surface area contributed by atoms with Crippen molar-refractivity contribution >= 4 is 29.2 Å². The topological polar surface area (TPSA) is 127 Å². The number of hydrogen-bond acceptors (Lipinski definition) is 9. The summed E-state index contributed by atoms with van der Waals surface area (Å²) in [6.45, 7) is 0. The van der Waals surface area contributed by atoms with Gasteiger partial charge in [-0.2, -0.15) is 4.98 Å². The average molecular weight is 461 g/mol. The van der Waals surface area contributed by atoms with Crippen LogP contribution in [0.15, 0.2) is 60.9 Å². The molecule has 1 spiro atoms. The summed E-state index contributed by atoms with van der Waals surface area (Å²) >= 11 is 5.82. The number of aromatic nitrogens is 3. The van der Waals surface area contributed by atoms with Gasteiger partial charge < -0.3 is 25.0 Å². The van der Waals surface area contributed by atoms with Crippen LogP contribution in [-0.4, -0.2) is 31.1 Å². The van der Waals surface area contributed by atoms with Crippen LogP contribution in [0.4, 0.5) is 11.6 Å². The standard InChI is InChI=1S/C23H13ClN4O5/c24-21-25-10-26-22(28-21)27-11-1-4-15-14(7-11)20(31)33-23(15)16-5-2-12(29)8-18(16)32-19-9-13(30)3-6-17(19)23/h1-10,29-30H,(H,25,26,27,28). The molecule has 3 heterocycles. The lowest BCUT2D eigenvalue weighted by atomic mass is 9.77. The maximum atomic E-state index is 13.1. The molecule has 0 unspecified atom stereocenters. The highest BCUT2D eigenvalue weighted by molar-refractivity contribution is 6.28. The molecule has 10 heteroatoms. The van der Waals surface area contributed by atoms with Gasteiger partial charge in [-0.3, -0.25) is 0 Å². The van der Waals surface area contributed by atoms with E-state index in [9.17, 15) is 15.0 Å². The van der Waals surface area contributed by atoms with Crippen molar-refractivity contribution in [2.24, 2.45) is 0 Å². The molecule has 0 aliphatic carbocycles. The van der Waals surface area contributed by atoms with Crippen LogP contribution in [0.5, 0.6) is 23.0 Å². The molecule has 0 atom stereocenters. The summed E-state index contributed by atoms with van der Waals surface area (Å²) in [4.78, 5) is 24.8. The van der Waals surface area contributed by atoms with E-state index < -0.39 is 11.6 Å². The maximum Gasteiger partial charge on any atom is 0.340 e. The molecule has 1 aromatic heterocycles. The molecule has 0 fully saturated rings. The van der Waals surface area contributed by atoms with Crippen molar-refractivity contribution in [3.05, 3.63) is 88.5 Å². The van der Waals surface area contributed by atoms with Gasteiger partial charge in [-0.25, -0.2) is 14.8 Å². The van der Waals surface area contributed by atoms with Crippen molar-refractivity contribution in [1.29, 1.82) is 0 Å². The number of halogens is 1. The first-order chi connectivity index (χ1) is 15.9. The number of ether oxygens (including phenoxy) is 2. The zero-order valence-corrected chi connectivity index (χ0v) is 17.4. The second kappa shape index (κ2) is 6.81. The first-order valence-electron chi connectivity index (χ1n) is 9.78. The smallest absolute Gasteiger partial charge is 0.340 e.